The number of nitriles is 1. The Morgan fingerprint density at radius 1 is 1.53 bits per heavy atom. The number of nitrogens with zero attached hydrogens (tertiary/aromatic N) is 1. The number of ether oxygens (including phenoxy) is 1. The largest absolute Gasteiger partial charge is 0.495 e. The summed E-state index contributed by atoms with van der Waals surface area (Å²) in [5.41, 5.74) is 5.86. The molecule has 0 aromatic heterocycles. The Balaban J connectivity index is 3.12. The highest BCUT2D eigenvalue weighted by atomic mass is 16.5. The molecular formula is C11H8N2O2. The van der Waals surface area contributed by atoms with Gasteiger partial charge in [0.15, 0.2) is 0 Å². The molecule has 0 bridgehead atoms. The van der Waals surface area contributed by atoms with Gasteiger partial charge in [0.1, 0.15) is 11.8 Å². The lowest BCUT2D eigenvalue weighted by Crippen LogP contribution is -2.06. The molecule has 1 amide bonds. The number of carbonyl (C=O) groups excluding carboxylic acids is 1. The molecule has 0 unspecified atom stereocenters. The van der Waals surface area contributed by atoms with Crippen LogP contribution in [0.3, 0.4) is 0 Å². The fourth-order valence-corrected chi connectivity index (χ4v) is 0.995. The zero-order chi connectivity index (χ0) is 11.3. The first kappa shape index (κ1) is 10.6. The highest BCUT2D eigenvalue weighted by molar-refractivity contribution is 5.92. The van der Waals surface area contributed by atoms with Crippen molar-refractivity contribution in [3.8, 4) is 23.7 Å². The van der Waals surface area contributed by atoms with Crippen LogP contribution in [0.4, 0.5) is 0 Å². The first-order valence-corrected chi connectivity index (χ1v) is 4.07. The molecule has 4 heteroatoms. The van der Waals surface area contributed by atoms with Crippen LogP contribution in [0.25, 0.3) is 0 Å². The van der Waals surface area contributed by atoms with Crippen LogP contribution in [-0.2, 0) is 4.79 Å². The van der Waals surface area contributed by atoms with Gasteiger partial charge in [-0.1, -0.05) is 5.92 Å². The molecule has 0 saturated carbocycles. The van der Waals surface area contributed by atoms with E-state index in [1.807, 2.05) is 6.07 Å². The number of primary amides is 1. The van der Waals surface area contributed by atoms with Crippen LogP contribution in [0.2, 0.25) is 0 Å². The maximum Gasteiger partial charge on any atom is 0.293 e. The van der Waals surface area contributed by atoms with E-state index in [-0.39, 0.29) is 0 Å². The van der Waals surface area contributed by atoms with E-state index in [0.29, 0.717) is 16.9 Å². The summed E-state index contributed by atoms with van der Waals surface area (Å²) >= 11 is 0. The van der Waals surface area contributed by atoms with Gasteiger partial charge in [-0.25, -0.2) is 0 Å². The second-order valence-electron chi connectivity index (χ2n) is 2.64. The second kappa shape index (κ2) is 4.69. The monoisotopic (exact) mass is 200 g/mol. The third-order valence-corrected chi connectivity index (χ3v) is 1.65. The van der Waals surface area contributed by atoms with Crippen LogP contribution < -0.4 is 10.5 Å². The Morgan fingerprint density at radius 3 is 2.80 bits per heavy atom. The molecule has 0 saturated heterocycles. The molecule has 0 atom stereocenters. The first-order valence-electron chi connectivity index (χ1n) is 4.07. The molecule has 2 N–H and O–H groups in total. The Labute approximate surface area is 87.3 Å². The van der Waals surface area contributed by atoms with Gasteiger partial charge >= 0.3 is 0 Å². The van der Waals surface area contributed by atoms with Crippen LogP contribution in [0.5, 0.6) is 5.75 Å². The molecule has 1 rings (SSSR count). The number of nitrogens with two attached hydrogens (primary N) is 1. The zero-order valence-electron chi connectivity index (χ0n) is 8.07. The molecular weight excluding hydrogens is 192 g/mol. The zero-order valence-corrected chi connectivity index (χ0v) is 8.07. The lowest BCUT2D eigenvalue weighted by Gasteiger charge is -2.01. The minimum Gasteiger partial charge on any atom is -0.495 e. The molecule has 1 aromatic rings. The van der Waals surface area contributed by atoms with Crippen LogP contribution in [0, 0.1) is 23.2 Å². The summed E-state index contributed by atoms with van der Waals surface area (Å²) in [6.07, 6.45) is 0. The highest BCUT2D eigenvalue weighted by Crippen LogP contribution is 2.18. The van der Waals surface area contributed by atoms with Gasteiger partial charge in [-0.15, -0.1) is 0 Å². The summed E-state index contributed by atoms with van der Waals surface area (Å²) < 4.78 is 4.98. The highest BCUT2D eigenvalue weighted by Gasteiger charge is 2.01. The SMILES string of the molecule is COc1cc(C#CC(N)=O)ccc1C#N. The van der Waals surface area contributed by atoms with Crippen molar-refractivity contribution >= 4 is 5.91 Å². The van der Waals surface area contributed by atoms with Gasteiger partial charge in [-0.2, -0.15) is 5.26 Å². The lowest BCUT2D eigenvalue weighted by atomic mass is 10.1. The number of amides is 1. The van der Waals surface area contributed by atoms with Crippen molar-refractivity contribution in [2.24, 2.45) is 5.73 Å². The van der Waals surface area contributed by atoms with Crippen molar-refractivity contribution in [2.45, 2.75) is 0 Å². The Morgan fingerprint density at radius 2 is 2.27 bits per heavy atom. The Hall–Kier alpha value is -2.46. The van der Waals surface area contributed by atoms with Crippen LogP contribution in [-0.4, -0.2) is 13.0 Å². The molecule has 0 aliphatic carbocycles. The standard InChI is InChI=1S/C11H8N2O2/c1-15-10-6-8(3-5-11(13)14)2-4-9(10)7-12/h2,4,6H,1H3,(H2,13,14). The minimum atomic E-state index is -0.696. The molecule has 74 valence electrons. The van der Waals surface area contributed by atoms with Crippen LogP contribution >= 0.6 is 0 Å². The molecule has 4 nitrogen and oxygen atoms in total. The molecule has 1 aromatic carbocycles. The molecule has 0 radical (unpaired) electrons. The molecule has 0 spiro atoms. The van der Waals surface area contributed by atoms with Crippen molar-refractivity contribution in [3.05, 3.63) is 29.3 Å². The van der Waals surface area contributed by atoms with Crippen molar-refractivity contribution in [1.29, 1.82) is 5.26 Å². The number of carbonyl (C=O) groups is 1. The average molecular weight is 200 g/mol. The quantitative estimate of drug-likeness (QED) is 0.667. The Bertz CT molecular complexity index is 490. The molecule has 0 fully saturated rings. The summed E-state index contributed by atoms with van der Waals surface area (Å²) in [6, 6.07) is 6.75. The van der Waals surface area contributed by atoms with Gasteiger partial charge < -0.3 is 10.5 Å². The predicted octanol–water partition coefficient (Wildman–Crippen LogP) is 0.404. The summed E-state index contributed by atoms with van der Waals surface area (Å²) in [7, 11) is 1.46. The number of hydrogen-bond donors (Lipinski definition) is 1. The van der Waals surface area contributed by atoms with Gasteiger partial charge in [-0.3, -0.25) is 4.79 Å². The van der Waals surface area contributed by atoms with E-state index < -0.39 is 5.91 Å². The second-order valence-corrected chi connectivity index (χ2v) is 2.64. The number of rotatable bonds is 1. The Kier molecular flexibility index (Phi) is 3.32. The number of hydrogen-bond acceptors (Lipinski definition) is 3. The predicted molar refractivity (Wildman–Crippen MR) is 53.8 cm³/mol. The van der Waals surface area contributed by atoms with E-state index in [2.05, 4.69) is 11.8 Å². The van der Waals surface area contributed by atoms with E-state index in [1.54, 1.807) is 18.2 Å². The third kappa shape index (κ3) is 2.75. The summed E-state index contributed by atoms with van der Waals surface area (Å²) in [6.45, 7) is 0. The fraction of sp³-hybridized carbons (Fsp3) is 0.0909. The fourth-order valence-electron chi connectivity index (χ4n) is 0.995. The molecule has 0 aliphatic heterocycles. The molecule has 0 aliphatic rings. The summed E-state index contributed by atoms with van der Waals surface area (Å²) in [5.74, 6) is 4.49. The maximum atomic E-state index is 10.4. The van der Waals surface area contributed by atoms with Crippen LogP contribution in [0.1, 0.15) is 11.1 Å². The van der Waals surface area contributed by atoms with Gasteiger partial charge in [-0.05, 0) is 24.1 Å². The third-order valence-electron chi connectivity index (χ3n) is 1.65. The van der Waals surface area contributed by atoms with E-state index in [1.165, 1.54) is 7.11 Å². The van der Waals surface area contributed by atoms with Crippen LogP contribution in [0.15, 0.2) is 18.2 Å². The summed E-state index contributed by atoms with van der Waals surface area (Å²) in [5, 5.41) is 8.72. The van der Waals surface area contributed by atoms with Gasteiger partial charge in [0.25, 0.3) is 5.91 Å². The lowest BCUT2D eigenvalue weighted by molar-refractivity contribution is -0.112. The smallest absolute Gasteiger partial charge is 0.293 e. The minimum absolute atomic E-state index is 0.419. The van der Waals surface area contributed by atoms with Gasteiger partial charge in [0.05, 0.1) is 12.7 Å². The number of methoxy groups -OCH3 is 1. The average Bonchev–Trinajstić information content (AvgIpc) is 2.25. The maximum absolute atomic E-state index is 10.4. The van der Waals surface area contributed by atoms with Crippen molar-refractivity contribution in [3.63, 3.8) is 0 Å². The first-order chi connectivity index (χ1) is 7.17. The van der Waals surface area contributed by atoms with E-state index in [0.717, 1.165) is 0 Å². The normalized spacial score (nSPS) is 8.27. The summed E-state index contributed by atoms with van der Waals surface area (Å²) in [4.78, 5) is 10.4. The van der Waals surface area contributed by atoms with Gasteiger partial charge in [0.2, 0.25) is 0 Å². The molecule has 0 heterocycles. The van der Waals surface area contributed by atoms with E-state index in [4.69, 9.17) is 15.7 Å². The number of benzene rings is 1. The van der Waals surface area contributed by atoms with Crippen molar-refractivity contribution in [1.82, 2.24) is 0 Å². The van der Waals surface area contributed by atoms with Crippen molar-refractivity contribution in [2.75, 3.05) is 7.11 Å². The van der Waals surface area contributed by atoms with E-state index >= 15 is 0 Å². The molecule has 15 heavy (non-hydrogen) atoms. The van der Waals surface area contributed by atoms with Crippen molar-refractivity contribution < 1.29 is 9.53 Å². The van der Waals surface area contributed by atoms with Gasteiger partial charge in [0, 0.05) is 5.56 Å². The topological polar surface area (TPSA) is 76.1 Å². The van der Waals surface area contributed by atoms with E-state index in [9.17, 15) is 4.79 Å².